The quantitative estimate of drug-likeness (QED) is 0.743. The number of amides is 2. The smallest absolute Gasteiger partial charge is 0.339 e. The Morgan fingerprint density at radius 1 is 1.21 bits per heavy atom. The summed E-state index contributed by atoms with van der Waals surface area (Å²) in [4.78, 5) is 50.6. The molecule has 2 rings (SSSR count). The zero-order valence-electron chi connectivity index (χ0n) is 13.3. The lowest BCUT2D eigenvalue weighted by Gasteiger charge is -2.11. The van der Waals surface area contributed by atoms with Gasteiger partial charge in [-0.25, -0.2) is 4.79 Å². The Kier molecular flexibility index (Phi) is 5.31. The van der Waals surface area contributed by atoms with Crippen LogP contribution < -0.4 is 10.9 Å². The molecule has 0 fully saturated rings. The highest BCUT2D eigenvalue weighted by molar-refractivity contribution is 6.03. The lowest BCUT2D eigenvalue weighted by Crippen LogP contribution is -2.38. The Labute approximate surface area is 137 Å². The molecule has 0 bridgehead atoms. The normalized spacial score (nSPS) is 10.2. The lowest BCUT2D eigenvalue weighted by atomic mass is 10.1. The molecule has 1 aromatic heterocycles. The van der Waals surface area contributed by atoms with Gasteiger partial charge in [0, 0.05) is 31.1 Å². The van der Waals surface area contributed by atoms with Crippen LogP contribution in [0.3, 0.4) is 0 Å². The van der Waals surface area contributed by atoms with E-state index in [-0.39, 0.29) is 18.0 Å². The number of hydrogen-bond donors (Lipinski definition) is 2. The SMILES string of the molecule is CN(C)C(=O)CNC(=O)COC(=O)c1cc(=O)[nH]c2ccccc12. The van der Waals surface area contributed by atoms with E-state index in [0.717, 1.165) is 6.07 Å². The third kappa shape index (κ3) is 4.19. The number of likely N-dealkylation sites (N-methyl/N-ethyl adjacent to an activating group) is 1. The second-order valence-corrected chi connectivity index (χ2v) is 5.23. The summed E-state index contributed by atoms with van der Waals surface area (Å²) in [5.41, 5.74) is 0.131. The van der Waals surface area contributed by atoms with Crippen LogP contribution in [0.2, 0.25) is 0 Å². The van der Waals surface area contributed by atoms with Gasteiger partial charge >= 0.3 is 5.97 Å². The first-order valence-electron chi connectivity index (χ1n) is 7.14. The van der Waals surface area contributed by atoms with Gasteiger partial charge in [-0.05, 0) is 6.07 Å². The summed E-state index contributed by atoms with van der Waals surface area (Å²) in [5.74, 6) is -1.67. The Bertz CT molecular complexity index is 841. The fraction of sp³-hybridized carbons (Fsp3) is 0.250. The molecule has 8 nitrogen and oxygen atoms in total. The van der Waals surface area contributed by atoms with Crippen molar-refractivity contribution < 1.29 is 19.1 Å². The van der Waals surface area contributed by atoms with E-state index in [1.54, 1.807) is 38.4 Å². The first-order valence-corrected chi connectivity index (χ1v) is 7.14. The first-order chi connectivity index (χ1) is 11.4. The highest BCUT2D eigenvalue weighted by atomic mass is 16.5. The number of rotatable bonds is 5. The van der Waals surface area contributed by atoms with Crippen molar-refractivity contribution in [2.75, 3.05) is 27.2 Å². The molecule has 0 saturated heterocycles. The average Bonchev–Trinajstić information content (AvgIpc) is 2.56. The number of aromatic nitrogens is 1. The molecule has 0 saturated carbocycles. The monoisotopic (exact) mass is 331 g/mol. The maximum atomic E-state index is 12.1. The number of pyridine rings is 1. The minimum absolute atomic E-state index is 0.0755. The Morgan fingerprint density at radius 3 is 2.62 bits per heavy atom. The number of benzene rings is 1. The highest BCUT2D eigenvalue weighted by Crippen LogP contribution is 2.15. The molecule has 0 spiro atoms. The highest BCUT2D eigenvalue weighted by Gasteiger charge is 2.15. The summed E-state index contributed by atoms with van der Waals surface area (Å²) in [5, 5.41) is 2.86. The first kappa shape index (κ1) is 17.2. The minimum atomic E-state index is -0.786. The van der Waals surface area contributed by atoms with E-state index < -0.39 is 24.0 Å². The number of fused-ring (bicyclic) bond motifs is 1. The van der Waals surface area contributed by atoms with Gasteiger partial charge in [0.15, 0.2) is 6.61 Å². The molecule has 0 radical (unpaired) electrons. The van der Waals surface area contributed by atoms with E-state index in [1.807, 2.05) is 0 Å². The van der Waals surface area contributed by atoms with Gasteiger partial charge in [0.2, 0.25) is 11.5 Å². The fourth-order valence-electron chi connectivity index (χ4n) is 1.97. The van der Waals surface area contributed by atoms with Gasteiger partial charge in [-0.15, -0.1) is 0 Å². The third-order valence-electron chi connectivity index (χ3n) is 3.24. The summed E-state index contributed by atoms with van der Waals surface area (Å²) in [6.45, 7) is -0.724. The van der Waals surface area contributed by atoms with Gasteiger partial charge in [-0.3, -0.25) is 14.4 Å². The molecule has 0 atom stereocenters. The van der Waals surface area contributed by atoms with E-state index in [0.29, 0.717) is 10.9 Å². The number of nitrogens with zero attached hydrogens (tertiary/aromatic N) is 1. The molecule has 8 heteroatoms. The Balaban J connectivity index is 2.02. The van der Waals surface area contributed by atoms with Gasteiger partial charge in [-0.1, -0.05) is 18.2 Å². The van der Waals surface area contributed by atoms with Crippen LogP contribution in [0.25, 0.3) is 10.9 Å². The van der Waals surface area contributed by atoms with Crippen LogP contribution in [-0.4, -0.2) is 54.9 Å². The van der Waals surface area contributed by atoms with Crippen molar-refractivity contribution in [2.45, 2.75) is 0 Å². The number of aromatic amines is 1. The molecule has 0 aliphatic carbocycles. The minimum Gasteiger partial charge on any atom is -0.452 e. The van der Waals surface area contributed by atoms with Crippen molar-refractivity contribution in [3.63, 3.8) is 0 Å². The van der Waals surface area contributed by atoms with Crippen LogP contribution >= 0.6 is 0 Å². The number of H-pyrrole nitrogens is 1. The maximum Gasteiger partial charge on any atom is 0.339 e. The van der Waals surface area contributed by atoms with Crippen LogP contribution in [0, 0.1) is 0 Å². The summed E-state index contributed by atoms with van der Waals surface area (Å²) < 4.78 is 4.92. The van der Waals surface area contributed by atoms with Crippen molar-refractivity contribution >= 4 is 28.7 Å². The molecule has 126 valence electrons. The van der Waals surface area contributed by atoms with Crippen LogP contribution in [0.5, 0.6) is 0 Å². The van der Waals surface area contributed by atoms with Crippen molar-refractivity contribution in [3.8, 4) is 0 Å². The van der Waals surface area contributed by atoms with Crippen LogP contribution in [0.15, 0.2) is 35.1 Å². The third-order valence-corrected chi connectivity index (χ3v) is 3.24. The number of hydrogen-bond acceptors (Lipinski definition) is 5. The molecule has 1 aromatic carbocycles. The summed E-state index contributed by atoms with van der Waals surface area (Å²) in [7, 11) is 3.12. The zero-order valence-corrected chi connectivity index (χ0v) is 13.3. The molecule has 2 N–H and O–H groups in total. The number of carbonyl (C=O) groups is 3. The Hall–Kier alpha value is -3.16. The van der Waals surface area contributed by atoms with Crippen molar-refractivity contribution in [3.05, 3.63) is 46.2 Å². The molecule has 24 heavy (non-hydrogen) atoms. The Morgan fingerprint density at radius 2 is 1.92 bits per heavy atom. The van der Waals surface area contributed by atoms with Crippen LogP contribution in [0.1, 0.15) is 10.4 Å². The number of nitrogens with one attached hydrogen (secondary N) is 2. The molecule has 1 heterocycles. The van der Waals surface area contributed by atoms with E-state index >= 15 is 0 Å². The molecule has 2 amide bonds. The molecule has 0 unspecified atom stereocenters. The van der Waals surface area contributed by atoms with E-state index in [4.69, 9.17) is 4.74 Å². The predicted molar refractivity (Wildman–Crippen MR) is 86.6 cm³/mol. The predicted octanol–water partition coefficient (Wildman–Crippen LogP) is -0.111. The molecule has 0 aliphatic heterocycles. The summed E-state index contributed by atoms with van der Waals surface area (Å²) in [6, 6.07) is 7.89. The average molecular weight is 331 g/mol. The van der Waals surface area contributed by atoms with Gasteiger partial charge in [0.05, 0.1) is 12.1 Å². The van der Waals surface area contributed by atoms with Crippen LogP contribution in [-0.2, 0) is 14.3 Å². The van der Waals surface area contributed by atoms with Crippen LogP contribution in [0.4, 0.5) is 0 Å². The van der Waals surface area contributed by atoms with Gasteiger partial charge in [-0.2, -0.15) is 0 Å². The largest absolute Gasteiger partial charge is 0.452 e. The molecular formula is C16H17N3O5. The fourth-order valence-corrected chi connectivity index (χ4v) is 1.97. The van der Waals surface area contributed by atoms with Crippen molar-refractivity contribution in [1.29, 1.82) is 0 Å². The number of carbonyl (C=O) groups excluding carboxylic acids is 3. The topological polar surface area (TPSA) is 109 Å². The van der Waals surface area contributed by atoms with Gasteiger partial charge < -0.3 is 19.9 Å². The second-order valence-electron chi connectivity index (χ2n) is 5.23. The summed E-state index contributed by atoms with van der Waals surface area (Å²) in [6.07, 6.45) is 0. The molecule has 2 aromatic rings. The van der Waals surface area contributed by atoms with Crippen molar-refractivity contribution in [1.82, 2.24) is 15.2 Å². The number of ether oxygens (including phenoxy) is 1. The van der Waals surface area contributed by atoms with Crippen molar-refractivity contribution in [2.24, 2.45) is 0 Å². The van der Waals surface area contributed by atoms with E-state index in [9.17, 15) is 19.2 Å². The second kappa shape index (κ2) is 7.40. The van der Waals surface area contributed by atoms with E-state index in [1.165, 1.54) is 4.90 Å². The standard InChI is InChI=1S/C16H17N3O5/c1-19(2)15(22)8-17-14(21)9-24-16(23)11-7-13(20)18-12-6-4-3-5-10(11)12/h3-7H,8-9H2,1-2H3,(H,17,21)(H,18,20). The molecule has 0 aliphatic rings. The lowest BCUT2D eigenvalue weighted by molar-refractivity contribution is -0.131. The summed E-state index contributed by atoms with van der Waals surface area (Å²) >= 11 is 0. The maximum absolute atomic E-state index is 12.1. The number of para-hydroxylation sites is 1. The zero-order chi connectivity index (χ0) is 17.7. The van der Waals surface area contributed by atoms with Gasteiger partial charge in [0.1, 0.15) is 0 Å². The van der Waals surface area contributed by atoms with E-state index in [2.05, 4.69) is 10.3 Å². The number of esters is 1. The van der Waals surface area contributed by atoms with Gasteiger partial charge in [0.25, 0.3) is 5.91 Å². The molecular weight excluding hydrogens is 314 g/mol.